The van der Waals surface area contributed by atoms with Gasteiger partial charge in [-0.15, -0.1) is 0 Å². The maximum absolute atomic E-state index is 6.59. The lowest BCUT2D eigenvalue weighted by Gasteiger charge is -2.28. The molecule has 0 unspecified atom stereocenters. The largest absolute Gasteiger partial charge is 0.360 e. The van der Waals surface area contributed by atoms with E-state index < -0.39 is 0 Å². The van der Waals surface area contributed by atoms with Crippen molar-refractivity contribution in [1.82, 2.24) is 9.97 Å². The minimum atomic E-state index is -0.242. The molecule has 0 bridgehead atoms. The van der Waals surface area contributed by atoms with E-state index in [-0.39, 0.29) is 16.6 Å². The molecule has 1 fully saturated rings. The number of benzene rings is 1. The molecule has 25 heavy (non-hydrogen) atoms. The average Bonchev–Trinajstić information content (AvgIpc) is 3.10. The summed E-state index contributed by atoms with van der Waals surface area (Å²) in [6.07, 6.45) is 8.61. The topological polar surface area (TPSA) is 35.0 Å². The first-order valence-corrected chi connectivity index (χ1v) is 9.39. The number of fused-ring (bicyclic) bond motifs is 2. The number of hydrogen-bond acceptors (Lipinski definition) is 3. The molecule has 0 saturated heterocycles. The van der Waals surface area contributed by atoms with Crippen LogP contribution >= 0.6 is 0 Å². The fraction of sp³-hybridized carbons (Fsp3) is 0.545. The highest BCUT2D eigenvalue weighted by Gasteiger charge is 2.50. The van der Waals surface area contributed by atoms with Gasteiger partial charge in [0.05, 0.1) is 28.8 Å². The summed E-state index contributed by atoms with van der Waals surface area (Å²) < 4.78 is 6.59. The van der Waals surface area contributed by atoms with E-state index in [4.69, 9.17) is 4.74 Å². The van der Waals surface area contributed by atoms with Crippen molar-refractivity contribution in [2.45, 2.75) is 76.9 Å². The Morgan fingerprint density at radius 1 is 0.960 bits per heavy atom. The van der Waals surface area contributed by atoms with Gasteiger partial charge >= 0.3 is 0 Å². The predicted octanol–water partition coefficient (Wildman–Crippen LogP) is 5.48. The Bertz CT molecular complexity index is 794. The molecule has 1 aliphatic carbocycles. The second kappa shape index (κ2) is 5.38. The fourth-order valence-corrected chi connectivity index (χ4v) is 4.38. The van der Waals surface area contributed by atoms with Crippen molar-refractivity contribution >= 4 is 0 Å². The normalized spacial score (nSPS) is 20.8. The van der Waals surface area contributed by atoms with E-state index in [1.165, 1.54) is 24.0 Å². The fourth-order valence-electron chi connectivity index (χ4n) is 4.38. The second-order valence-corrected chi connectivity index (χ2v) is 9.11. The highest BCUT2D eigenvalue weighted by molar-refractivity contribution is 5.62. The van der Waals surface area contributed by atoms with Crippen molar-refractivity contribution in [3.05, 3.63) is 47.4 Å². The molecule has 0 amide bonds. The van der Waals surface area contributed by atoms with Gasteiger partial charge in [0.15, 0.2) is 0 Å². The van der Waals surface area contributed by atoms with Crippen LogP contribution in [0.3, 0.4) is 0 Å². The highest BCUT2D eigenvalue weighted by Crippen LogP contribution is 2.55. The Morgan fingerprint density at radius 3 is 2.28 bits per heavy atom. The van der Waals surface area contributed by atoms with Gasteiger partial charge in [0.2, 0.25) is 0 Å². The summed E-state index contributed by atoms with van der Waals surface area (Å²) in [7, 11) is 0. The molecule has 3 nitrogen and oxygen atoms in total. The van der Waals surface area contributed by atoms with Gasteiger partial charge in [0.25, 0.3) is 0 Å². The van der Waals surface area contributed by atoms with Crippen molar-refractivity contribution in [2.24, 2.45) is 0 Å². The summed E-state index contributed by atoms with van der Waals surface area (Å²) in [5.41, 5.74) is 5.50. The van der Waals surface area contributed by atoms with E-state index in [0.717, 1.165) is 29.8 Å². The zero-order valence-corrected chi connectivity index (χ0v) is 16.0. The number of aromatic nitrogens is 2. The minimum Gasteiger partial charge on any atom is -0.360 e. The van der Waals surface area contributed by atoms with E-state index in [1.807, 2.05) is 12.4 Å². The van der Waals surface area contributed by atoms with Crippen molar-refractivity contribution in [1.29, 1.82) is 0 Å². The molecular formula is C22H28N2O. The summed E-state index contributed by atoms with van der Waals surface area (Å²) in [6, 6.07) is 6.72. The molecule has 2 aromatic rings. The van der Waals surface area contributed by atoms with E-state index >= 15 is 0 Å². The van der Waals surface area contributed by atoms with Gasteiger partial charge in [-0.1, -0.05) is 45.7 Å². The molecule has 132 valence electrons. The highest BCUT2D eigenvalue weighted by atomic mass is 16.5. The predicted molar refractivity (Wildman–Crippen MR) is 100 cm³/mol. The van der Waals surface area contributed by atoms with Gasteiger partial charge in [-0.2, -0.15) is 0 Å². The Kier molecular flexibility index (Phi) is 3.59. The van der Waals surface area contributed by atoms with Crippen LogP contribution in [0, 0.1) is 0 Å². The zero-order valence-electron chi connectivity index (χ0n) is 16.0. The summed E-state index contributed by atoms with van der Waals surface area (Å²) in [6.45, 7) is 10.9. The van der Waals surface area contributed by atoms with Gasteiger partial charge < -0.3 is 4.74 Å². The summed E-state index contributed by atoms with van der Waals surface area (Å²) >= 11 is 0. The lowest BCUT2D eigenvalue weighted by Crippen LogP contribution is -2.25. The molecule has 1 aromatic carbocycles. The van der Waals surface area contributed by atoms with Gasteiger partial charge in [-0.25, -0.2) is 0 Å². The molecule has 1 aromatic heterocycles. The average molecular weight is 336 g/mol. The maximum atomic E-state index is 6.59. The van der Waals surface area contributed by atoms with Crippen LogP contribution in [0.5, 0.6) is 0 Å². The van der Waals surface area contributed by atoms with Crippen LogP contribution < -0.4 is 0 Å². The Morgan fingerprint density at radius 2 is 1.68 bits per heavy atom. The van der Waals surface area contributed by atoms with E-state index in [9.17, 15) is 0 Å². The van der Waals surface area contributed by atoms with Crippen molar-refractivity contribution < 1.29 is 4.74 Å². The molecular weight excluding hydrogens is 308 g/mol. The smallest absolute Gasteiger partial charge is 0.0946 e. The molecule has 0 N–H and O–H groups in total. The lowest BCUT2D eigenvalue weighted by atomic mass is 9.86. The third-order valence-electron chi connectivity index (χ3n) is 5.74. The van der Waals surface area contributed by atoms with Gasteiger partial charge in [-0.05, 0) is 43.9 Å². The van der Waals surface area contributed by atoms with Crippen LogP contribution in [0.15, 0.2) is 30.6 Å². The molecule has 0 atom stereocenters. The van der Waals surface area contributed by atoms with E-state index in [1.54, 1.807) is 0 Å². The minimum absolute atomic E-state index is 0.0220. The number of ether oxygens (including phenoxy) is 1. The van der Waals surface area contributed by atoms with Gasteiger partial charge in [-0.3, -0.25) is 9.97 Å². The maximum Gasteiger partial charge on any atom is 0.0946 e. The third-order valence-corrected chi connectivity index (χ3v) is 5.74. The zero-order chi connectivity index (χ0) is 17.9. The van der Waals surface area contributed by atoms with Crippen LogP contribution in [0.4, 0.5) is 0 Å². The molecule has 1 aliphatic heterocycles. The second-order valence-electron chi connectivity index (χ2n) is 9.11. The first kappa shape index (κ1) is 16.7. The third kappa shape index (κ3) is 2.69. The van der Waals surface area contributed by atoms with Crippen molar-refractivity contribution in [2.75, 3.05) is 0 Å². The lowest BCUT2D eigenvalue weighted by molar-refractivity contribution is -0.122. The molecule has 2 aliphatic rings. The Hall–Kier alpha value is -1.74. The summed E-state index contributed by atoms with van der Waals surface area (Å²) in [4.78, 5) is 9.31. The Labute approximate surface area is 150 Å². The molecule has 4 rings (SSSR count). The quantitative estimate of drug-likeness (QED) is 0.692. The summed E-state index contributed by atoms with van der Waals surface area (Å²) in [5, 5.41) is 0. The first-order valence-electron chi connectivity index (χ1n) is 9.39. The van der Waals surface area contributed by atoms with Crippen molar-refractivity contribution in [3.8, 4) is 11.3 Å². The number of nitrogens with zero attached hydrogens (tertiary/aromatic N) is 2. The van der Waals surface area contributed by atoms with Crippen LogP contribution in [-0.4, -0.2) is 9.97 Å². The molecule has 0 radical (unpaired) electrons. The van der Waals surface area contributed by atoms with Gasteiger partial charge in [0.1, 0.15) is 0 Å². The molecule has 2 heterocycles. The summed E-state index contributed by atoms with van der Waals surface area (Å²) in [5.74, 6) is 0. The van der Waals surface area contributed by atoms with Crippen molar-refractivity contribution in [3.63, 3.8) is 0 Å². The molecule has 3 heteroatoms. The number of rotatable bonds is 1. The van der Waals surface area contributed by atoms with E-state index in [2.05, 4.69) is 62.8 Å². The van der Waals surface area contributed by atoms with Crippen LogP contribution in [0.25, 0.3) is 11.3 Å². The van der Waals surface area contributed by atoms with Crippen LogP contribution in [-0.2, 0) is 21.4 Å². The van der Waals surface area contributed by atoms with Crippen LogP contribution in [0.1, 0.15) is 77.1 Å². The standard InChI is InChI=1S/C22H28N2O/c1-20(2,3)19-14-23-18(13-24-19)15-8-9-16-17(12-15)21(4,5)25-22(16)10-6-7-11-22/h8-9,12-14H,6-7,10-11H2,1-5H3. The van der Waals surface area contributed by atoms with E-state index in [0.29, 0.717) is 0 Å². The van der Waals surface area contributed by atoms with Gasteiger partial charge in [0, 0.05) is 17.2 Å². The molecule has 1 saturated carbocycles. The van der Waals surface area contributed by atoms with Crippen LogP contribution in [0.2, 0.25) is 0 Å². The first-order chi connectivity index (χ1) is 11.7. The monoisotopic (exact) mass is 336 g/mol. The number of hydrogen-bond donors (Lipinski definition) is 0. The molecule has 1 spiro atoms. The SMILES string of the molecule is CC(C)(C)c1cnc(-c2ccc3c(c2)C(C)(C)OC32CCCC2)cn1. The Balaban J connectivity index is 1.74.